The molecule has 0 aromatic heterocycles. The third kappa shape index (κ3) is 3.43. The number of nitrogens with one attached hydrogen (secondary N) is 1. The van der Waals surface area contributed by atoms with Crippen LogP contribution in [0.15, 0.2) is 24.3 Å². The van der Waals surface area contributed by atoms with Gasteiger partial charge in [-0.2, -0.15) is 0 Å². The van der Waals surface area contributed by atoms with Crippen LogP contribution in [0.4, 0.5) is 0 Å². The van der Waals surface area contributed by atoms with Gasteiger partial charge in [0.2, 0.25) is 0 Å². The SMILES string of the molecule is CN(Cc1ccc([Si](C)(C)C)cc1)C1CCNC1. The molecule has 2 rings (SSSR count). The second kappa shape index (κ2) is 5.55. The van der Waals surface area contributed by atoms with E-state index in [-0.39, 0.29) is 0 Å². The maximum Gasteiger partial charge on any atom is 0.0775 e. The third-order valence-electron chi connectivity index (χ3n) is 3.91. The summed E-state index contributed by atoms with van der Waals surface area (Å²) in [6.45, 7) is 10.6. The zero-order chi connectivity index (χ0) is 13.2. The van der Waals surface area contributed by atoms with E-state index in [1.54, 1.807) is 5.19 Å². The molecular weight excluding hydrogens is 236 g/mol. The molecule has 1 aliphatic heterocycles. The number of nitrogens with zero attached hydrogens (tertiary/aromatic N) is 1. The molecule has 1 unspecified atom stereocenters. The van der Waals surface area contributed by atoms with Crippen LogP contribution in [0.5, 0.6) is 0 Å². The monoisotopic (exact) mass is 262 g/mol. The minimum absolute atomic E-state index is 0.710. The van der Waals surface area contributed by atoms with Crippen LogP contribution < -0.4 is 10.5 Å². The molecule has 100 valence electrons. The molecular formula is C15H26N2Si. The first-order valence-electron chi connectivity index (χ1n) is 6.97. The van der Waals surface area contributed by atoms with Crippen LogP contribution in [0.3, 0.4) is 0 Å². The smallest absolute Gasteiger partial charge is 0.0775 e. The van der Waals surface area contributed by atoms with Crippen LogP contribution in [0.25, 0.3) is 0 Å². The number of likely N-dealkylation sites (N-methyl/N-ethyl adjacent to an activating group) is 1. The Morgan fingerprint density at radius 2 is 1.89 bits per heavy atom. The highest BCUT2D eigenvalue weighted by Gasteiger charge is 2.19. The number of hydrogen-bond acceptors (Lipinski definition) is 2. The van der Waals surface area contributed by atoms with Crippen molar-refractivity contribution in [2.75, 3.05) is 20.1 Å². The number of hydrogen-bond donors (Lipinski definition) is 1. The molecule has 0 bridgehead atoms. The summed E-state index contributed by atoms with van der Waals surface area (Å²) < 4.78 is 0. The molecule has 2 nitrogen and oxygen atoms in total. The fourth-order valence-electron chi connectivity index (χ4n) is 2.54. The van der Waals surface area contributed by atoms with Gasteiger partial charge in [0, 0.05) is 19.1 Å². The van der Waals surface area contributed by atoms with Gasteiger partial charge in [0.15, 0.2) is 0 Å². The van der Waals surface area contributed by atoms with Crippen LogP contribution in [0.2, 0.25) is 19.6 Å². The van der Waals surface area contributed by atoms with Gasteiger partial charge in [-0.15, -0.1) is 0 Å². The molecule has 0 radical (unpaired) electrons. The molecule has 0 spiro atoms. The normalized spacial score (nSPS) is 20.6. The van der Waals surface area contributed by atoms with E-state index in [1.165, 1.54) is 18.5 Å². The summed E-state index contributed by atoms with van der Waals surface area (Å²) in [7, 11) is 1.09. The number of benzene rings is 1. The van der Waals surface area contributed by atoms with Crippen molar-refractivity contribution < 1.29 is 0 Å². The molecule has 1 heterocycles. The minimum atomic E-state index is -1.15. The molecule has 3 heteroatoms. The molecule has 0 amide bonds. The minimum Gasteiger partial charge on any atom is -0.315 e. The van der Waals surface area contributed by atoms with Crippen LogP contribution in [0, 0.1) is 0 Å². The van der Waals surface area contributed by atoms with Gasteiger partial charge in [-0.05, 0) is 25.6 Å². The largest absolute Gasteiger partial charge is 0.315 e. The molecule has 18 heavy (non-hydrogen) atoms. The van der Waals surface area contributed by atoms with Crippen molar-refractivity contribution in [1.29, 1.82) is 0 Å². The highest BCUT2D eigenvalue weighted by molar-refractivity contribution is 6.88. The van der Waals surface area contributed by atoms with E-state index in [4.69, 9.17) is 0 Å². The number of rotatable bonds is 4. The summed E-state index contributed by atoms with van der Waals surface area (Å²) in [5.74, 6) is 0. The molecule has 1 fully saturated rings. The first-order valence-corrected chi connectivity index (χ1v) is 10.5. The van der Waals surface area contributed by atoms with Gasteiger partial charge >= 0.3 is 0 Å². The predicted molar refractivity (Wildman–Crippen MR) is 82.2 cm³/mol. The van der Waals surface area contributed by atoms with Gasteiger partial charge < -0.3 is 5.32 Å². The maximum absolute atomic E-state index is 3.43. The van der Waals surface area contributed by atoms with Gasteiger partial charge in [-0.3, -0.25) is 4.90 Å². The van der Waals surface area contributed by atoms with Crippen molar-refractivity contribution in [1.82, 2.24) is 10.2 Å². The van der Waals surface area contributed by atoms with Gasteiger partial charge in [0.1, 0.15) is 0 Å². The molecule has 1 saturated heterocycles. The zero-order valence-corrected chi connectivity index (χ0v) is 13.2. The van der Waals surface area contributed by atoms with Crippen molar-refractivity contribution in [2.45, 2.75) is 38.6 Å². The van der Waals surface area contributed by atoms with Gasteiger partial charge in [0.05, 0.1) is 8.07 Å². The molecule has 0 saturated carbocycles. The van der Waals surface area contributed by atoms with E-state index in [1.807, 2.05) is 0 Å². The van der Waals surface area contributed by atoms with E-state index in [2.05, 4.69) is 61.2 Å². The molecule has 1 N–H and O–H groups in total. The van der Waals surface area contributed by atoms with Gasteiger partial charge in [-0.25, -0.2) is 0 Å². The van der Waals surface area contributed by atoms with Crippen LogP contribution >= 0.6 is 0 Å². The van der Waals surface area contributed by atoms with Crippen molar-refractivity contribution in [3.8, 4) is 0 Å². The van der Waals surface area contributed by atoms with E-state index >= 15 is 0 Å². The van der Waals surface area contributed by atoms with Crippen LogP contribution in [-0.2, 0) is 6.54 Å². The van der Waals surface area contributed by atoms with Crippen molar-refractivity contribution >= 4 is 13.3 Å². The topological polar surface area (TPSA) is 15.3 Å². The molecule has 1 aromatic rings. The zero-order valence-electron chi connectivity index (χ0n) is 12.2. The van der Waals surface area contributed by atoms with Gasteiger partial charge in [-0.1, -0.05) is 49.1 Å². The lowest BCUT2D eigenvalue weighted by Crippen LogP contribution is -2.37. The van der Waals surface area contributed by atoms with Crippen LogP contribution in [0.1, 0.15) is 12.0 Å². The lowest BCUT2D eigenvalue weighted by Gasteiger charge is -2.24. The van der Waals surface area contributed by atoms with Crippen molar-refractivity contribution in [3.63, 3.8) is 0 Å². The molecule has 0 aliphatic carbocycles. The maximum atomic E-state index is 3.43. The summed E-state index contributed by atoms with van der Waals surface area (Å²) in [6.07, 6.45) is 1.28. The Morgan fingerprint density at radius 3 is 2.39 bits per heavy atom. The first kappa shape index (κ1) is 13.8. The molecule has 1 aliphatic rings. The fraction of sp³-hybridized carbons (Fsp3) is 0.600. The Hall–Kier alpha value is -0.643. The predicted octanol–water partition coefficient (Wildman–Crippen LogP) is 2.03. The summed E-state index contributed by atoms with van der Waals surface area (Å²) in [6, 6.07) is 10.0. The highest BCUT2D eigenvalue weighted by atomic mass is 28.3. The Balaban J connectivity index is 1.97. The third-order valence-corrected chi connectivity index (χ3v) is 5.97. The molecule has 1 aromatic carbocycles. The summed E-state index contributed by atoms with van der Waals surface area (Å²) in [5.41, 5.74) is 1.44. The Morgan fingerprint density at radius 1 is 1.22 bits per heavy atom. The highest BCUT2D eigenvalue weighted by Crippen LogP contribution is 2.11. The summed E-state index contributed by atoms with van der Waals surface area (Å²) in [5, 5.41) is 4.98. The Labute approximate surface area is 112 Å². The van der Waals surface area contributed by atoms with Crippen molar-refractivity contribution in [2.24, 2.45) is 0 Å². The van der Waals surface area contributed by atoms with E-state index < -0.39 is 8.07 Å². The van der Waals surface area contributed by atoms with Crippen LogP contribution in [-0.4, -0.2) is 39.2 Å². The van der Waals surface area contributed by atoms with E-state index in [9.17, 15) is 0 Å². The second-order valence-corrected chi connectivity index (χ2v) is 11.6. The quantitative estimate of drug-likeness (QED) is 0.835. The average molecular weight is 262 g/mol. The van der Waals surface area contributed by atoms with E-state index in [0.717, 1.165) is 13.1 Å². The Bertz CT molecular complexity index is 374. The average Bonchev–Trinajstić information content (AvgIpc) is 2.82. The summed E-state index contributed by atoms with van der Waals surface area (Å²) >= 11 is 0. The van der Waals surface area contributed by atoms with E-state index in [0.29, 0.717) is 6.04 Å². The fourth-order valence-corrected chi connectivity index (χ4v) is 3.71. The molecule has 1 atom stereocenters. The standard InChI is InChI=1S/C15H26N2Si/c1-17(14-9-10-16-11-14)12-13-5-7-15(8-6-13)18(2,3)4/h5-8,14,16H,9-12H2,1-4H3. The van der Waals surface area contributed by atoms with Gasteiger partial charge in [0.25, 0.3) is 0 Å². The summed E-state index contributed by atoms with van der Waals surface area (Å²) in [4.78, 5) is 2.48. The van der Waals surface area contributed by atoms with Crippen molar-refractivity contribution in [3.05, 3.63) is 29.8 Å². The lowest BCUT2D eigenvalue weighted by molar-refractivity contribution is 0.249. The second-order valence-electron chi connectivity index (χ2n) is 6.51. The first-order chi connectivity index (χ1) is 8.47. The lowest BCUT2D eigenvalue weighted by atomic mass is 10.1. The Kier molecular flexibility index (Phi) is 4.25.